The molecule has 0 saturated heterocycles. The van der Waals surface area contributed by atoms with E-state index >= 15 is 0 Å². The van der Waals surface area contributed by atoms with Gasteiger partial charge in [-0.1, -0.05) is 32.5 Å². The van der Waals surface area contributed by atoms with E-state index in [1.807, 2.05) is 29.7 Å². The van der Waals surface area contributed by atoms with Gasteiger partial charge >= 0.3 is 0 Å². The van der Waals surface area contributed by atoms with Crippen LogP contribution in [0.25, 0.3) is 5.78 Å². The van der Waals surface area contributed by atoms with Gasteiger partial charge < -0.3 is 5.32 Å². The molecule has 7 nitrogen and oxygen atoms in total. The highest BCUT2D eigenvalue weighted by Crippen LogP contribution is 2.26. The Balaban J connectivity index is 1.66. The van der Waals surface area contributed by atoms with E-state index in [0.717, 1.165) is 17.1 Å². The van der Waals surface area contributed by atoms with E-state index < -0.39 is 0 Å². The first-order valence-electron chi connectivity index (χ1n) is 7.82. The van der Waals surface area contributed by atoms with Crippen LogP contribution < -0.4 is 5.32 Å². The Bertz CT molecular complexity index is 924. The number of carbonyl (C=O) groups is 1. The Morgan fingerprint density at radius 2 is 2.04 bits per heavy atom. The number of rotatable bonds is 4. The number of fused-ring (bicyclic) bond motifs is 1. The normalized spacial score (nSPS) is 11.9. The lowest BCUT2D eigenvalue weighted by Crippen LogP contribution is -2.15. The van der Waals surface area contributed by atoms with E-state index in [9.17, 15) is 4.79 Å². The van der Waals surface area contributed by atoms with Crippen LogP contribution in [-0.2, 0) is 10.2 Å². The summed E-state index contributed by atoms with van der Waals surface area (Å²) in [6.07, 6.45) is 0. The summed E-state index contributed by atoms with van der Waals surface area (Å²) in [5, 5.41) is 14.3. The third kappa shape index (κ3) is 3.98. The summed E-state index contributed by atoms with van der Waals surface area (Å²) >= 11 is 2.77. The molecule has 1 amide bonds. The summed E-state index contributed by atoms with van der Waals surface area (Å²) in [6, 6.07) is 1.96. The summed E-state index contributed by atoms with van der Waals surface area (Å²) in [5.41, 5.74) is 2.83. The van der Waals surface area contributed by atoms with Crippen molar-refractivity contribution < 1.29 is 4.79 Å². The van der Waals surface area contributed by atoms with Crippen LogP contribution in [0.1, 0.15) is 37.9 Å². The molecule has 3 aromatic rings. The molecule has 1 N–H and O–H groups in total. The van der Waals surface area contributed by atoms with Crippen molar-refractivity contribution in [3.8, 4) is 0 Å². The number of thiazole rings is 1. The van der Waals surface area contributed by atoms with Crippen molar-refractivity contribution in [2.24, 2.45) is 0 Å². The van der Waals surface area contributed by atoms with Gasteiger partial charge in [-0.15, -0.1) is 21.5 Å². The average Bonchev–Trinajstić information content (AvgIpc) is 3.11. The SMILES string of the molecule is Cc1cc(C)n2c(SCC(=O)Nc3nc(C(C)(C)C)cs3)nnc2n1. The minimum absolute atomic E-state index is 0.0304. The van der Waals surface area contributed by atoms with Crippen molar-refractivity contribution >= 4 is 39.9 Å². The first-order valence-corrected chi connectivity index (χ1v) is 9.68. The average molecular weight is 377 g/mol. The van der Waals surface area contributed by atoms with E-state index in [2.05, 4.69) is 46.3 Å². The Kier molecular flexibility index (Phi) is 4.79. The summed E-state index contributed by atoms with van der Waals surface area (Å²) in [6.45, 7) is 10.2. The Morgan fingerprint density at radius 3 is 2.72 bits per heavy atom. The molecule has 0 aliphatic carbocycles. The largest absolute Gasteiger partial charge is 0.301 e. The summed E-state index contributed by atoms with van der Waals surface area (Å²) < 4.78 is 1.85. The Morgan fingerprint density at radius 1 is 1.28 bits per heavy atom. The van der Waals surface area contributed by atoms with Crippen LogP contribution in [0.4, 0.5) is 5.13 Å². The molecule has 0 fully saturated rings. The quantitative estimate of drug-likeness (QED) is 0.704. The van der Waals surface area contributed by atoms with E-state index in [-0.39, 0.29) is 17.1 Å². The predicted molar refractivity (Wildman–Crippen MR) is 100 cm³/mol. The monoisotopic (exact) mass is 376 g/mol. The fourth-order valence-electron chi connectivity index (χ4n) is 2.25. The lowest BCUT2D eigenvalue weighted by Gasteiger charge is -2.14. The third-order valence-corrected chi connectivity index (χ3v) is 5.20. The van der Waals surface area contributed by atoms with Crippen LogP contribution in [0.3, 0.4) is 0 Å². The number of amides is 1. The van der Waals surface area contributed by atoms with Crippen molar-refractivity contribution in [2.45, 2.75) is 45.2 Å². The molecular weight excluding hydrogens is 356 g/mol. The highest BCUT2D eigenvalue weighted by molar-refractivity contribution is 7.99. The fraction of sp³-hybridized carbons (Fsp3) is 0.438. The molecule has 3 rings (SSSR count). The number of nitrogens with zero attached hydrogens (tertiary/aromatic N) is 5. The molecule has 25 heavy (non-hydrogen) atoms. The lowest BCUT2D eigenvalue weighted by atomic mass is 9.93. The molecule has 0 unspecified atom stereocenters. The molecule has 0 aromatic carbocycles. The van der Waals surface area contributed by atoms with Crippen molar-refractivity contribution in [1.29, 1.82) is 0 Å². The van der Waals surface area contributed by atoms with Gasteiger partial charge in [0.1, 0.15) is 0 Å². The van der Waals surface area contributed by atoms with Gasteiger partial charge in [0, 0.05) is 22.2 Å². The zero-order valence-corrected chi connectivity index (χ0v) is 16.5. The molecule has 0 aliphatic heterocycles. The van der Waals surface area contributed by atoms with E-state index in [1.54, 1.807) is 0 Å². The second-order valence-electron chi connectivity index (χ2n) is 6.78. The molecule has 0 saturated carbocycles. The number of hydrogen-bond acceptors (Lipinski definition) is 7. The van der Waals surface area contributed by atoms with Gasteiger partial charge in [0.25, 0.3) is 5.78 Å². The molecule has 0 atom stereocenters. The number of thioether (sulfide) groups is 1. The zero-order chi connectivity index (χ0) is 18.2. The van der Waals surface area contributed by atoms with Gasteiger partial charge in [-0.25, -0.2) is 9.97 Å². The topological polar surface area (TPSA) is 85.1 Å². The zero-order valence-electron chi connectivity index (χ0n) is 14.8. The highest BCUT2D eigenvalue weighted by atomic mass is 32.2. The second kappa shape index (κ2) is 6.72. The molecule has 132 valence electrons. The van der Waals surface area contributed by atoms with Gasteiger partial charge in [0.15, 0.2) is 10.3 Å². The van der Waals surface area contributed by atoms with Gasteiger partial charge in [-0.3, -0.25) is 9.20 Å². The predicted octanol–water partition coefficient (Wildman–Crippen LogP) is 3.23. The summed E-state index contributed by atoms with van der Waals surface area (Å²) in [5.74, 6) is 0.669. The first-order chi connectivity index (χ1) is 11.7. The number of aryl methyl sites for hydroxylation is 2. The van der Waals surface area contributed by atoms with Crippen LogP contribution in [0.5, 0.6) is 0 Å². The maximum Gasteiger partial charge on any atom is 0.256 e. The van der Waals surface area contributed by atoms with Crippen LogP contribution >= 0.6 is 23.1 Å². The molecule has 0 bridgehead atoms. The number of hydrogen-bond donors (Lipinski definition) is 1. The number of nitrogens with one attached hydrogen (secondary N) is 1. The maximum atomic E-state index is 12.2. The highest BCUT2D eigenvalue weighted by Gasteiger charge is 2.18. The van der Waals surface area contributed by atoms with Crippen LogP contribution in [0, 0.1) is 13.8 Å². The van der Waals surface area contributed by atoms with Crippen molar-refractivity contribution in [2.75, 3.05) is 11.1 Å². The van der Waals surface area contributed by atoms with Crippen molar-refractivity contribution in [3.05, 3.63) is 28.5 Å². The molecular formula is C16H20N6OS2. The third-order valence-electron chi connectivity index (χ3n) is 3.51. The van der Waals surface area contributed by atoms with Crippen LogP contribution in [-0.4, -0.2) is 36.2 Å². The first kappa shape index (κ1) is 17.8. The van der Waals surface area contributed by atoms with Crippen molar-refractivity contribution in [3.63, 3.8) is 0 Å². The Labute approximate surface area is 154 Å². The molecule has 0 aliphatic rings. The number of carbonyl (C=O) groups excluding carboxylic acids is 1. The molecule has 3 heterocycles. The van der Waals surface area contributed by atoms with Gasteiger partial charge in [-0.2, -0.15) is 0 Å². The maximum absolute atomic E-state index is 12.2. The van der Waals surface area contributed by atoms with E-state index in [0.29, 0.717) is 16.1 Å². The minimum Gasteiger partial charge on any atom is -0.301 e. The molecule has 0 radical (unpaired) electrons. The van der Waals surface area contributed by atoms with Gasteiger partial charge in [0.2, 0.25) is 5.91 Å². The second-order valence-corrected chi connectivity index (χ2v) is 8.58. The van der Waals surface area contributed by atoms with Crippen molar-refractivity contribution in [1.82, 2.24) is 24.6 Å². The van der Waals surface area contributed by atoms with E-state index in [4.69, 9.17) is 0 Å². The van der Waals surface area contributed by atoms with Crippen LogP contribution in [0.15, 0.2) is 16.6 Å². The van der Waals surface area contributed by atoms with Crippen LogP contribution in [0.2, 0.25) is 0 Å². The smallest absolute Gasteiger partial charge is 0.256 e. The Hall–Kier alpha value is -2.00. The molecule has 3 aromatic heterocycles. The van der Waals surface area contributed by atoms with Gasteiger partial charge in [0.05, 0.1) is 11.4 Å². The standard InChI is InChI=1S/C16H20N6OS2/c1-9-6-10(2)22-13(17-9)20-21-15(22)25-8-12(23)19-14-18-11(7-24-14)16(3,4)5/h6-7H,8H2,1-5H3,(H,18,19,23). The summed E-state index contributed by atoms with van der Waals surface area (Å²) in [4.78, 5) is 21.0. The van der Waals surface area contributed by atoms with Gasteiger partial charge in [-0.05, 0) is 19.9 Å². The lowest BCUT2D eigenvalue weighted by molar-refractivity contribution is -0.113. The minimum atomic E-state index is -0.116. The molecule has 0 spiro atoms. The van der Waals surface area contributed by atoms with E-state index in [1.165, 1.54) is 23.1 Å². The number of aromatic nitrogens is 5. The number of anilines is 1. The molecule has 9 heteroatoms. The fourth-order valence-corrected chi connectivity index (χ4v) is 3.99. The summed E-state index contributed by atoms with van der Waals surface area (Å²) in [7, 11) is 0.